The Bertz CT molecular complexity index is 1320. The number of aromatic amines is 1. The molecule has 178 valence electrons. The van der Waals surface area contributed by atoms with Crippen LogP contribution in [0.3, 0.4) is 0 Å². The highest BCUT2D eigenvalue weighted by Crippen LogP contribution is 2.28. The monoisotopic (exact) mass is 466 g/mol. The average Bonchev–Trinajstić information content (AvgIpc) is 2.82. The molecule has 0 spiro atoms. The first-order valence-electron chi connectivity index (χ1n) is 10.7. The highest BCUT2D eigenvalue weighted by atomic mass is 16.6. The zero-order chi connectivity index (χ0) is 24.8. The predicted octanol–water partition coefficient (Wildman–Crippen LogP) is 2.72. The second-order valence-electron chi connectivity index (χ2n) is 7.61. The number of hydrogen-bond acceptors (Lipinski definition) is 7. The van der Waals surface area contributed by atoms with E-state index < -0.39 is 22.1 Å². The van der Waals surface area contributed by atoms with E-state index in [2.05, 4.69) is 10.3 Å². The molecule has 0 saturated carbocycles. The van der Waals surface area contributed by atoms with E-state index in [1.54, 1.807) is 37.4 Å². The molecule has 0 aliphatic rings. The van der Waals surface area contributed by atoms with Crippen LogP contribution in [0.1, 0.15) is 35.7 Å². The Morgan fingerprint density at radius 2 is 1.91 bits per heavy atom. The maximum absolute atomic E-state index is 13.8. The normalized spacial score (nSPS) is 10.6. The number of unbranched alkanes of at least 4 members (excludes halogenated alkanes) is 1. The minimum atomic E-state index is -0.823. The molecule has 1 amide bonds. The minimum absolute atomic E-state index is 0.0160. The molecule has 11 nitrogen and oxygen atoms in total. The van der Waals surface area contributed by atoms with Crippen LogP contribution >= 0.6 is 0 Å². The van der Waals surface area contributed by atoms with Crippen LogP contribution in [0, 0.1) is 10.1 Å². The van der Waals surface area contributed by atoms with Crippen molar-refractivity contribution in [3.8, 4) is 0 Å². The summed E-state index contributed by atoms with van der Waals surface area (Å²) in [5, 5.41) is 14.2. The summed E-state index contributed by atoms with van der Waals surface area (Å²) in [5.41, 5.74) is 5.31. The van der Waals surface area contributed by atoms with E-state index in [9.17, 15) is 24.5 Å². The first kappa shape index (κ1) is 24.2. The van der Waals surface area contributed by atoms with E-state index in [0.717, 1.165) is 17.4 Å². The predicted molar refractivity (Wildman–Crippen MR) is 130 cm³/mol. The molecule has 4 N–H and O–H groups in total. The maximum atomic E-state index is 13.8. The number of nitrogen functional groups attached to an aromatic ring is 1. The summed E-state index contributed by atoms with van der Waals surface area (Å²) in [5.74, 6) is -0.835. The number of nitro groups is 1. The molecule has 0 aliphatic heterocycles. The van der Waals surface area contributed by atoms with Crippen molar-refractivity contribution in [1.29, 1.82) is 0 Å². The number of non-ortho nitro benzene ring substituents is 1. The molecule has 0 saturated heterocycles. The lowest BCUT2D eigenvalue weighted by Crippen LogP contribution is -2.41. The van der Waals surface area contributed by atoms with E-state index in [-0.39, 0.29) is 35.8 Å². The smallest absolute Gasteiger partial charge is 0.330 e. The molecule has 0 radical (unpaired) electrons. The van der Waals surface area contributed by atoms with E-state index in [1.165, 1.54) is 16.7 Å². The number of nitrogens with two attached hydrogens (primary N) is 1. The van der Waals surface area contributed by atoms with Crippen LogP contribution in [0.25, 0.3) is 0 Å². The van der Waals surface area contributed by atoms with Gasteiger partial charge >= 0.3 is 5.69 Å². The van der Waals surface area contributed by atoms with Gasteiger partial charge in [0.25, 0.3) is 17.2 Å². The van der Waals surface area contributed by atoms with Crippen LogP contribution in [0.15, 0.2) is 58.1 Å². The fourth-order valence-corrected chi connectivity index (χ4v) is 3.58. The van der Waals surface area contributed by atoms with Crippen LogP contribution in [0.2, 0.25) is 0 Å². The van der Waals surface area contributed by atoms with Gasteiger partial charge in [0.2, 0.25) is 0 Å². The van der Waals surface area contributed by atoms with Crippen molar-refractivity contribution in [3.05, 3.63) is 90.6 Å². The number of carbonyl (C=O) groups is 1. The quantitative estimate of drug-likeness (QED) is 0.323. The largest absolute Gasteiger partial charge is 0.387 e. The van der Waals surface area contributed by atoms with Crippen LogP contribution < -0.4 is 27.2 Å². The molecular formula is C23H26N6O5. The summed E-state index contributed by atoms with van der Waals surface area (Å²) < 4.78 is 1.22. The molecule has 0 atom stereocenters. The third-order valence-electron chi connectivity index (χ3n) is 5.36. The van der Waals surface area contributed by atoms with Crippen molar-refractivity contribution in [3.63, 3.8) is 0 Å². The Morgan fingerprint density at radius 3 is 2.53 bits per heavy atom. The molecular weight excluding hydrogens is 440 g/mol. The fraction of sp³-hybridized carbons (Fsp3) is 0.261. The number of rotatable bonds is 9. The number of nitro benzene ring substituents is 1. The lowest BCUT2D eigenvalue weighted by Gasteiger charge is -2.25. The topological polar surface area (TPSA) is 156 Å². The van der Waals surface area contributed by atoms with Crippen LogP contribution in [-0.4, -0.2) is 27.4 Å². The SMILES string of the molecule is CCCCn1c(N)c(N(Cc2ccccc2)C(=O)c2cc([N+](=O)[O-])ccc2NC)c(=O)[nH]c1=O. The van der Waals surface area contributed by atoms with Crippen LogP contribution in [0.4, 0.5) is 22.9 Å². The van der Waals surface area contributed by atoms with Crippen molar-refractivity contribution in [1.82, 2.24) is 9.55 Å². The number of benzene rings is 2. The van der Waals surface area contributed by atoms with Gasteiger partial charge in [-0.25, -0.2) is 4.79 Å². The summed E-state index contributed by atoms with van der Waals surface area (Å²) in [4.78, 5) is 53.2. The number of amides is 1. The first-order valence-corrected chi connectivity index (χ1v) is 10.7. The summed E-state index contributed by atoms with van der Waals surface area (Å²) in [6.07, 6.45) is 1.42. The molecule has 11 heteroatoms. The van der Waals surface area contributed by atoms with Gasteiger partial charge in [0.1, 0.15) is 5.82 Å². The van der Waals surface area contributed by atoms with Gasteiger partial charge in [0.15, 0.2) is 5.69 Å². The molecule has 0 unspecified atom stereocenters. The van der Waals surface area contributed by atoms with Gasteiger partial charge < -0.3 is 11.1 Å². The highest BCUT2D eigenvalue weighted by Gasteiger charge is 2.28. The van der Waals surface area contributed by atoms with Crippen molar-refractivity contribution in [2.75, 3.05) is 23.0 Å². The molecule has 1 heterocycles. The van der Waals surface area contributed by atoms with E-state index in [1.807, 2.05) is 6.92 Å². The zero-order valence-electron chi connectivity index (χ0n) is 18.9. The number of nitrogens with zero attached hydrogens (tertiary/aromatic N) is 3. The lowest BCUT2D eigenvalue weighted by molar-refractivity contribution is -0.384. The van der Waals surface area contributed by atoms with Gasteiger partial charge in [-0.05, 0) is 18.1 Å². The molecule has 1 aromatic heterocycles. The highest BCUT2D eigenvalue weighted by molar-refractivity contribution is 6.10. The third kappa shape index (κ3) is 4.98. The van der Waals surface area contributed by atoms with Crippen LogP contribution in [-0.2, 0) is 13.1 Å². The van der Waals surface area contributed by atoms with Gasteiger partial charge in [-0.2, -0.15) is 0 Å². The standard InChI is InChI=1S/C23H26N6O5/c1-3-4-12-27-20(24)19(21(30)26-23(27)32)28(14-15-8-6-5-7-9-15)22(31)17-13-16(29(33)34)10-11-18(17)25-2/h5-11,13,25H,3-4,12,14,24H2,1-2H3,(H,26,30,32). The van der Waals surface area contributed by atoms with E-state index in [0.29, 0.717) is 17.7 Å². The van der Waals surface area contributed by atoms with Gasteiger partial charge in [-0.3, -0.25) is 34.2 Å². The fourth-order valence-electron chi connectivity index (χ4n) is 3.58. The molecule has 3 aromatic rings. The summed E-state index contributed by atoms with van der Waals surface area (Å²) >= 11 is 0. The van der Waals surface area contributed by atoms with Crippen molar-refractivity contribution in [2.45, 2.75) is 32.9 Å². The maximum Gasteiger partial charge on any atom is 0.330 e. The van der Waals surface area contributed by atoms with Crippen molar-refractivity contribution >= 4 is 28.8 Å². The van der Waals surface area contributed by atoms with Crippen LogP contribution in [0.5, 0.6) is 0 Å². The molecule has 3 rings (SSSR count). The molecule has 2 aromatic carbocycles. The second-order valence-corrected chi connectivity index (χ2v) is 7.61. The zero-order valence-corrected chi connectivity index (χ0v) is 18.9. The minimum Gasteiger partial charge on any atom is -0.387 e. The summed E-state index contributed by atoms with van der Waals surface area (Å²) in [6.45, 7) is 2.16. The Hall–Kier alpha value is -4.41. The number of H-pyrrole nitrogens is 1. The molecule has 0 fully saturated rings. The third-order valence-corrected chi connectivity index (χ3v) is 5.36. The average molecular weight is 466 g/mol. The molecule has 34 heavy (non-hydrogen) atoms. The number of anilines is 3. The Morgan fingerprint density at radius 1 is 1.21 bits per heavy atom. The van der Waals surface area contributed by atoms with Gasteiger partial charge in [-0.15, -0.1) is 0 Å². The van der Waals surface area contributed by atoms with Crippen molar-refractivity contribution in [2.24, 2.45) is 0 Å². The Balaban J connectivity index is 2.23. The molecule has 0 bridgehead atoms. The second kappa shape index (κ2) is 10.5. The van der Waals surface area contributed by atoms with Gasteiger partial charge in [0, 0.05) is 31.4 Å². The summed E-state index contributed by atoms with van der Waals surface area (Å²) in [6, 6.07) is 12.7. The number of carbonyl (C=O) groups excluding carboxylic acids is 1. The number of hydrogen-bond donors (Lipinski definition) is 3. The lowest BCUT2D eigenvalue weighted by atomic mass is 10.1. The Kier molecular flexibility index (Phi) is 7.46. The van der Waals surface area contributed by atoms with E-state index >= 15 is 0 Å². The number of aromatic nitrogens is 2. The van der Waals surface area contributed by atoms with Gasteiger partial charge in [0.05, 0.1) is 17.0 Å². The van der Waals surface area contributed by atoms with Gasteiger partial charge in [-0.1, -0.05) is 43.7 Å². The first-order chi connectivity index (χ1) is 16.3. The van der Waals surface area contributed by atoms with E-state index in [4.69, 9.17) is 5.73 Å². The molecule has 0 aliphatic carbocycles. The van der Waals surface area contributed by atoms with Crippen molar-refractivity contribution < 1.29 is 9.72 Å². The number of nitrogens with one attached hydrogen (secondary N) is 2. The Labute approximate surface area is 195 Å². The summed E-state index contributed by atoms with van der Waals surface area (Å²) in [7, 11) is 1.57.